The van der Waals surface area contributed by atoms with Crippen molar-refractivity contribution in [3.63, 3.8) is 0 Å². The van der Waals surface area contributed by atoms with Crippen LogP contribution >= 0.6 is 0 Å². The molecule has 0 aromatic heterocycles. The number of hydrogen-bond donors (Lipinski definition) is 1. The van der Waals surface area contributed by atoms with Gasteiger partial charge in [-0.1, -0.05) is 17.7 Å². The number of likely N-dealkylation sites (tertiary alicyclic amines) is 1. The summed E-state index contributed by atoms with van der Waals surface area (Å²) in [6, 6.07) is 7.78. The second kappa shape index (κ2) is 8.76. The Bertz CT molecular complexity index is 461. The van der Waals surface area contributed by atoms with Crippen molar-refractivity contribution in [2.45, 2.75) is 32.8 Å². The zero-order chi connectivity index (χ0) is 15.8. The fourth-order valence-corrected chi connectivity index (χ4v) is 2.52. The smallest absolute Gasteiger partial charge is 0.321 e. The Morgan fingerprint density at radius 1 is 1.32 bits per heavy atom. The van der Waals surface area contributed by atoms with Crippen molar-refractivity contribution in [1.29, 1.82) is 0 Å². The minimum atomic E-state index is -0.0537. The average molecular weight is 306 g/mol. The lowest BCUT2D eigenvalue weighted by Crippen LogP contribution is -2.45. The summed E-state index contributed by atoms with van der Waals surface area (Å²) in [5.41, 5.74) is 2.01. The number of rotatable bonds is 6. The molecule has 122 valence electrons. The van der Waals surface area contributed by atoms with Gasteiger partial charge in [0.1, 0.15) is 0 Å². The van der Waals surface area contributed by atoms with E-state index in [2.05, 4.69) is 5.32 Å². The molecular formula is C17H26N2O3. The summed E-state index contributed by atoms with van der Waals surface area (Å²) in [5.74, 6) is 0. The molecule has 2 amide bonds. The monoisotopic (exact) mass is 306 g/mol. The molecule has 5 heteroatoms. The lowest BCUT2D eigenvalue weighted by atomic mass is 10.1. The van der Waals surface area contributed by atoms with Gasteiger partial charge in [0.25, 0.3) is 0 Å². The number of carbonyl (C=O) groups excluding carboxylic acids is 1. The van der Waals surface area contributed by atoms with Crippen LogP contribution in [0.2, 0.25) is 0 Å². The normalized spacial score (nSPS) is 18.3. The van der Waals surface area contributed by atoms with Gasteiger partial charge in [-0.3, -0.25) is 0 Å². The van der Waals surface area contributed by atoms with Crippen LogP contribution < -0.4 is 5.32 Å². The first-order chi connectivity index (χ1) is 10.7. The first-order valence-corrected chi connectivity index (χ1v) is 8.01. The van der Waals surface area contributed by atoms with Crippen molar-refractivity contribution in [3.05, 3.63) is 29.8 Å². The Balaban J connectivity index is 1.78. The molecule has 1 saturated heterocycles. The van der Waals surface area contributed by atoms with Crippen molar-refractivity contribution < 1.29 is 14.3 Å². The van der Waals surface area contributed by atoms with Crippen molar-refractivity contribution in [1.82, 2.24) is 4.90 Å². The summed E-state index contributed by atoms with van der Waals surface area (Å²) in [4.78, 5) is 14.1. The molecule has 0 radical (unpaired) electrons. The molecule has 1 aromatic rings. The number of nitrogens with zero attached hydrogens (tertiary/aromatic N) is 1. The number of amides is 2. The number of benzene rings is 1. The summed E-state index contributed by atoms with van der Waals surface area (Å²) < 4.78 is 11.1. The average Bonchev–Trinajstić information content (AvgIpc) is 2.54. The molecule has 22 heavy (non-hydrogen) atoms. The Labute approximate surface area is 132 Å². The van der Waals surface area contributed by atoms with Crippen molar-refractivity contribution >= 4 is 11.7 Å². The van der Waals surface area contributed by atoms with Crippen LogP contribution in [0.4, 0.5) is 10.5 Å². The highest BCUT2D eigenvalue weighted by Gasteiger charge is 2.24. The third-order valence-corrected chi connectivity index (χ3v) is 3.75. The minimum Gasteiger partial charge on any atom is -0.379 e. The van der Waals surface area contributed by atoms with Crippen LogP contribution in [0.3, 0.4) is 0 Å². The molecule has 1 aromatic carbocycles. The van der Waals surface area contributed by atoms with Crippen LogP contribution in [0.25, 0.3) is 0 Å². The van der Waals surface area contributed by atoms with Crippen LogP contribution in [0.5, 0.6) is 0 Å². The van der Waals surface area contributed by atoms with E-state index in [0.717, 1.165) is 25.1 Å². The molecule has 1 N–H and O–H groups in total. The molecule has 0 bridgehead atoms. The Hall–Kier alpha value is -1.59. The van der Waals surface area contributed by atoms with E-state index < -0.39 is 0 Å². The maximum atomic E-state index is 12.3. The lowest BCUT2D eigenvalue weighted by Gasteiger charge is -2.32. The standard InChI is InChI=1S/C17H26N2O3/c1-3-21-11-12-22-16-5-4-10-19(13-16)17(20)18-15-8-6-14(2)7-9-15/h6-9,16H,3-5,10-13H2,1-2H3,(H,18,20). The lowest BCUT2D eigenvalue weighted by molar-refractivity contribution is -0.0181. The van der Waals surface area contributed by atoms with Gasteiger partial charge < -0.3 is 19.7 Å². The fraction of sp³-hybridized carbons (Fsp3) is 0.588. The summed E-state index contributed by atoms with van der Waals surface area (Å²) >= 11 is 0. The number of aryl methyl sites for hydroxylation is 1. The molecule has 1 aliphatic heterocycles. The van der Waals surface area contributed by atoms with E-state index >= 15 is 0 Å². The number of piperidine rings is 1. The van der Waals surface area contributed by atoms with Crippen LogP contribution in [0.1, 0.15) is 25.3 Å². The predicted octanol–water partition coefficient (Wildman–Crippen LogP) is 3.04. The number of anilines is 1. The van der Waals surface area contributed by atoms with E-state index in [1.165, 1.54) is 5.56 Å². The molecule has 1 fully saturated rings. The van der Waals surface area contributed by atoms with Gasteiger partial charge in [-0.2, -0.15) is 0 Å². The molecule has 2 rings (SSSR count). The number of carbonyl (C=O) groups is 1. The molecule has 1 aliphatic rings. The van der Waals surface area contributed by atoms with Crippen molar-refractivity contribution in [3.8, 4) is 0 Å². The van der Waals surface area contributed by atoms with E-state index in [1.807, 2.05) is 43.0 Å². The number of nitrogens with one attached hydrogen (secondary N) is 1. The van der Waals surface area contributed by atoms with E-state index in [0.29, 0.717) is 26.4 Å². The third-order valence-electron chi connectivity index (χ3n) is 3.75. The summed E-state index contributed by atoms with van der Waals surface area (Å²) in [6.07, 6.45) is 2.08. The van der Waals surface area contributed by atoms with Crippen molar-refractivity contribution in [2.75, 3.05) is 38.2 Å². The van der Waals surface area contributed by atoms with E-state index in [-0.39, 0.29) is 12.1 Å². The van der Waals surface area contributed by atoms with Gasteiger partial charge >= 0.3 is 6.03 Å². The van der Waals surface area contributed by atoms with Gasteiger partial charge in [0, 0.05) is 25.4 Å². The SMILES string of the molecule is CCOCCOC1CCCN(C(=O)Nc2ccc(C)cc2)C1. The highest BCUT2D eigenvalue weighted by molar-refractivity contribution is 5.89. The largest absolute Gasteiger partial charge is 0.379 e. The molecule has 0 aliphatic carbocycles. The highest BCUT2D eigenvalue weighted by atomic mass is 16.5. The minimum absolute atomic E-state index is 0.0537. The fourth-order valence-electron chi connectivity index (χ4n) is 2.52. The summed E-state index contributed by atoms with van der Waals surface area (Å²) in [7, 11) is 0. The zero-order valence-corrected chi connectivity index (χ0v) is 13.5. The zero-order valence-electron chi connectivity index (χ0n) is 13.5. The highest BCUT2D eigenvalue weighted by Crippen LogP contribution is 2.15. The van der Waals surface area contributed by atoms with Gasteiger partial charge in [0.2, 0.25) is 0 Å². The van der Waals surface area contributed by atoms with Gasteiger partial charge in [0.05, 0.1) is 19.3 Å². The molecule has 1 unspecified atom stereocenters. The molecule has 1 atom stereocenters. The Morgan fingerprint density at radius 3 is 2.82 bits per heavy atom. The van der Waals surface area contributed by atoms with E-state index in [9.17, 15) is 4.79 Å². The first-order valence-electron chi connectivity index (χ1n) is 8.01. The maximum Gasteiger partial charge on any atom is 0.321 e. The quantitative estimate of drug-likeness (QED) is 0.822. The molecular weight excluding hydrogens is 280 g/mol. The summed E-state index contributed by atoms with van der Waals surface area (Å²) in [6.45, 7) is 7.33. The van der Waals surface area contributed by atoms with Crippen LogP contribution in [0, 0.1) is 6.92 Å². The Morgan fingerprint density at radius 2 is 2.09 bits per heavy atom. The Kier molecular flexibility index (Phi) is 6.68. The number of ether oxygens (including phenoxy) is 2. The molecule has 0 spiro atoms. The third kappa shape index (κ3) is 5.31. The number of urea groups is 1. The predicted molar refractivity (Wildman–Crippen MR) is 87.2 cm³/mol. The second-order valence-electron chi connectivity index (χ2n) is 5.57. The van der Waals surface area contributed by atoms with Crippen LogP contribution in [-0.4, -0.2) is 49.9 Å². The molecule has 0 saturated carbocycles. The first kappa shape index (κ1) is 16.8. The topological polar surface area (TPSA) is 50.8 Å². The summed E-state index contributed by atoms with van der Waals surface area (Å²) in [5, 5.41) is 2.94. The molecule has 1 heterocycles. The number of hydrogen-bond acceptors (Lipinski definition) is 3. The van der Waals surface area contributed by atoms with E-state index in [1.54, 1.807) is 0 Å². The van der Waals surface area contributed by atoms with Crippen LogP contribution in [-0.2, 0) is 9.47 Å². The maximum absolute atomic E-state index is 12.3. The van der Waals surface area contributed by atoms with Crippen LogP contribution in [0.15, 0.2) is 24.3 Å². The molecule has 5 nitrogen and oxygen atoms in total. The van der Waals surface area contributed by atoms with Gasteiger partial charge in [-0.15, -0.1) is 0 Å². The van der Waals surface area contributed by atoms with Gasteiger partial charge in [-0.25, -0.2) is 4.79 Å². The van der Waals surface area contributed by atoms with Gasteiger partial charge in [-0.05, 0) is 38.8 Å². The van der Waals surface area contributed by atoms with Crippen molar-refractivity contribution in [2.24, 2.45) is 0 Å². The second-order valence-corrected chi connectivity index (χ2v) is 5.57. The van der Waals surface area contributed by atoms with E-state index in [4.69, 9.17) is 9.47 Å². The van der Waals surface area contributed by atoms with Gasteiger partial charge in [0.15, 0.2) is 0 Å².